The van der Waals surface area contributed by atoms with Crippen molar-refractivity contribution in [3.8, 4) is 0 Å². The van der Waals surface area contributed by atoms with Crippen LogP contribution < -0.4 is 0 Å². The monoisotopic (exact) mass is 330 g/mol. The molecule has 1 unspecified atom stereocenters. The molecular formula is C15H23ClN2O2S. The van der Waals surface area contributed by atoms with E-state index in [2.05, 4.69) is 17.0 Å². The number of hydrogen-bond donors (Lipinski definition) is 0. The second-order valence-corrected chi connectivity index (χ2v) is 8.02. The van der Waals surface area contributed by atoms with E-state index in [4.69, 9.17) is 11.6 Å². The molecule has 2 rings (SSSR count). The van der Waals surface area contributed by atoms with Crippen LogP contribution in [0.1, 0.15) is 12.5 Å². The fourth-order valence-corrected chi connectivity index (χ4v) is 4.52. The zero-order valence-corrected chi connectivity index (χ0v) is 14.0. The van der Waals surface area contributed by atoms with Crippen LogP contribution in [-0.4, -0.2) is 55.4 Å². The van der Waals surface area contributed by atoms with Gasteiger partial charge in [0.2, 0.25) is 10.0 Å². The lowest BCUT2D eigenvalue weighted by Crippen LogP contribution is -2.49. The molecule has 1 aliphatic heterocycles. The average Bonchev–Trinajstić information content (AvgIpc) is 2.48. The van der Waals surface area contributed by atoms with Gasteiger partial charge in [-0.3, -0.25) is 4.90 Å². The van der Waals surface area contributed by atoms with Crippen LogP contribution >= 0.6 is 11.6 Å². The number of piperazine rings is 1. The zero-order chi connectivity index (χ0) is 15.3. The van der Waals surface area contributed by atoms with Crippen molar-refractivity contribution in [3.05, 3.63) is 35.9 Å². The van der Waals surface area contributed by atoms with Crippen molar-refractivity contribution >= 4 is 21.6 Å². The standard InChI is InChI=1S/C15H23ClN2O2S/c1-14(11-16)13-21(19,20)18-9-7-17(8-10-18)12-15-5-3-2-4-6-15/h2-6,14H,7-13H2,1H3. The maximum atomic E-state index is 12.3. The van der Waals surface area contributed by atoms with Gasteiger partial charge in [-0.15, -0.1) is 11.6 Å². The average molecular weight is 331 g/mol. The smallest absolute Gasteiger partial charge is 0.214 e. The van der Waals surface area contributed by atoms with Crippen molar-refractivity contribution in [1.29, 1.82) is 0 Å². The molecule has 118 valence electrons. The Labute approximate surface area is 132 Å². The van der Waals surface area contributed by atoms with Gasteiger partial charge in [0.15, 0.2) is 0 Å². The Balaban J connectivity index is 1.85. The van der Waals surface area contributed by atoms with Gasteiger partial charge in [-0.2, -0.15) is 4.31 Å². The lowest BCUT2D eigenvalue weighted by atomic mass is 10.2. The molecule has 0 aliphatic carbocycles. The third-order valence-corrected chi connectivity index (χ3v) is 6.40. The van der Waals surface area contributed by atoms with Gasteiger partial charge in [-0.1, -0.05) is 37.3 Å². The van der Waals surface area contributed by atoms with Gasteiger partial charge in [0.25, 0.3) is 0 Å². The molecule has 6 heteroatoms. The SMILES string of the molecule is CC(CCl)CS(=O)(=O)N1CCN(Cc2ccccc2)CC1. The summed E-state index contributed by atoms with van der Waals surface area (Å²) in [5.74, 6) is 0.529. The second-order valence-electron chi connectivity index (χ2n) is 5.70. The summed E-state index contributed by atoms with van der Waals surface area (Å²) in [7, 11) is -3.17. The minimum atomic E-state index is -3.17. The first-order chi connectivity index (χ1) is 10.0. The van der Waals surface area contributed by atoms with Gasteiger partial charge in [0, 0.05) is 38.6 Å². The van der Waals surface area contributed by atoms with Crippen LogP contribution in [0.4, 0.5) is 0 Å². The fourth-order valence-electron chi connectivity index (χ4n) is 2.52. The van der Waals surface area contributed by atoms with Crippen molar-refractivity contribution in [2.24, 2.45) is 5.92 Å². The molecule has 1 heterocycles. The highest BCUT2D eigenvalue weighted by atomic mass is 35.5. The minimum absolute atomic E-state index is 0.000912. The lowest BCUT2D eigenvalue weighted by Gasteiger charge is -2.34. The maximum Gasteiger partial charge on any atom is 0.214 e. The summed E-state index contributed by atoms with van der Waals surface area (Å²) in [6, 6.07) is 10.3. The molecular weight excluding hydrogens is 308 g/mol. The number of benzene rings is 1. The van der Waals surface area contributed by atoms with Gasteiger partial charge in [0.1, 0.15) is 0 Å². The number of halogens is 1. The predicted molar refractivity (Wildman–Crippen MR) is 87.0 cm³/mol. The first kappa shape index (κ1) is 16.7. The van der Waals surface area contributed by atoms with E-state index in [1.807, 2.05) is 25.1 Å². The number of alkyl halides is 1. The summed E-state index contributed by atoms with van der Waals surface area (Å²) in [5.41, 5.74) is 1.27. The molecule has 1 aromatic carbocycles. The van der Waals surface area contributed by atoms with Crippen LogP contribution in [0.25, 0.3) is 0 Å². The summed E-state index contributed by atoms with van der Waals surface area (Å²) < 4.78 is 26.1. The molecule has 4 nitrogen and oxygen atoms in total. The molecule has 1 aromatic rings. The molecule has 0 spiro atoms. The minimum Gasteiger partial charge on any atom is -0.296 e. The van der Waals surface area contributed by atoms with E-state index >= 15 is 0 Å². The third-order valence-electron chi connectivity index (χ3n) is 3.73. The summed E-state index contributed by atoms with van der Waals surface area (Å²) in [4.78, 5) is 2.30. The Morgan fingerprint density at radius 1 is 1.14 bits per heavy atom. The van der Waals surface area contributed by atoms with Crippen molar-refractivity contribution in [3.63, 3.8) is 0 Å². The highest BCUT2D eigenvalue weighted by molar-refractivity contribution is 7.89. The van der Waals surface area contributed by atoms with Gasteiger partial charge in [-0.05, 0) is 11.5 Å². The summed E-state index contributed by atoms with van der Waals surface area (Å²) in [5, 5.41) is 0. The molecule has 0 N–H and O–H groups in total. The molecule has 0 aromatic heterocycles. The van der Waals surface area contributed by atoms with Crippen LogP contribution in [0.15, 0.2) is 30.3 Å². The third kappa shape index (κ3) is 4.95. The highest BCUT2D eigenvalue weighted by Crippen LogP contribution is 2.14. The molecule has 1 aliphatic rings. The van der Waals surface area contributed by atoms with Crippen molar-refractivity contribution in [2.45, 2.75) is 13.5 Å². The van der Waals surface area contributed by atoms with Crippen molar-refractivity contribution in [2.75, 3.05) is 37.8 Å². The normalized spacial score (nSPS) is 19.5. The van der Waals surface area contributed by atoms with Crippen molar-refractivity contribution < 1.29 is 8.42 Å². The predicted octanol–water partition coefficient (Wildman–Crippen LogP) is 2.01. The topological polar surface area (TPSA) is 40.6 Å². The molecule has 1 saturated heterocycles. The van der Waals surface area contributed by atoms with Crippen LogP contribution in [0.3, 0.4) is 0 Å². The van der Waals surface area contributed by atoms with Gasteiger partial charge in [0.05, 0.1) is 5.75 Å². The Kier molecular flexibility index (Phi) is 6.05. The van der Waals surface area contributed by atoms with E-state index in [9.17, 15) is 8.42 Å². The maximum absolute atomic E-state index is 12.3. The quantitative estimate of drug-likeness (QED) is 0.749. The number of nitrogens with zero attached hydrogens (tertiary/aromatic N) is 2. The highest BCUT2D eigenvalue weighted by Gasteiger charge is 2.28. The zero-order valence-electron chi connectivity index (χ0n) is 12.4. The van der Waals surface area contributed by atoms with E-state index in [0.717, 1.165) is 19.6 Å². The molecule has 1 fully saturated rings. The fraction of sp³-hybridized carbons (Fsp3) is 0.600. The first-order valence-corrected chi connectivity index (χ1v) is 9.45. The number of rotatable bonds is 6. The molecule has 0 radical (unpaired) electrons. The van der Waals surface area contributed by atoms with Crippen LogP contribution in [-0.2, 0) is 16.6 Å². The summed E-state index contributed by atoms with van der Waals surface area (Å²) in [6.07, 6.45) is 0. The van der Waals surface area contributed by atoms with E-state index in [1.165, 1.54) is 5.56 Å². The molecule has 0 bridgehead atoms. The van der Waals surface area contributed by atoms with E-state index in [-0.39, 0.29) is 11.7 Å². The Morgan fingerprint density at radius 3 is 2.33 bits per heavy atom. The van der Waals surface area contributed by atoms with Gasteiger partial charge >= 0.3 is 0 Å². The first-order valence-electron chi connectivity index (χ1n) is 7.31. The molecule has 21 heavy (non-hydrogen) atoms. The largest absolute Gasteiger partial charge is 0.296 e. The van der Waals surface area contributed by atoms with E-state index in [1.54, 1.807) is 4.31 Å². The molecule has 1 atom stereocenters. The van der Waals surface area contributed by atoms with Gasteiger partial charge < -0.3 is 0 Å². The van der Waals surface area contributed by atoms with E-state index in [0.29, 0.717) is 19.0 Å². The molecule has 0 saturated carbocycles. The number of sulfonamides is 1. The Morgan fingerprint density at radius 2 is 1.76 bits per heavy atom. The Bertz CT molecular complexity index is 528. The van der Waals surface area contributed by atoms with Crippen LogP contribution in [0.5, 0.6) is 0 Å². The second kappa shape index (κ2) is 7.58. The molecule has 0 amide bonds. The summed E-state index contributed by atoms with van der Waals surface area (Å²) in [6.45, 7) is 5.46. The number of hydrogen-bond acceptors (Lipinski definition) is 3. The lowest BCUT2D eigenvalue weighted by molar-refractivity contribution is 0.181. The van der Waals surface area contributed by atoms with E-state index < -0.39 is 10.0 Å². The Hall–Kier alpha value is -0.620. The summed E-state index contributed by atoms with van der Waals surface area (Å²) >= 11 is 5.72. The van der Waals surface area contributed by atoms with Crippen LogP contribution in [0, 0.1) is 5.92 Å². The van der Waals surface area contributed by atoms with Crippen molar-refractivity contribution in [1.82, 2.24) is 9.21 Å². The van der Waals surface area contributed by atoms with Gasteiger partial charge in [-0.25, -0.2) is 8.42 Å². The van der Waals surface area contributed by atoms with Crippen LogP contribution in [0.2, 0.25) is 0 Å².